The van der Waals surface area contributed by atoms with Gasteiger partial charge in [-0.15, -0.1) is 0 Å². The van der Waals surface area contributed by atoms with Crippen molar-refractivity contribution in [2.45, 2.75) is 25.3 Å². The Morgan fingerprint density at radius 3 is 1.50 bits per heavy atom. The highest BCUT2D eigenvalue weighted by Gasteiger charge is 2.30. The Morgan fingerprint density at radius 1 is 0.778 bits per heavy atom. The van der Waals surface area contributed by atoms with E-state index < -0.39 is 0 Å². The summed E-state index contributed by atoms with van der Waals surface area (Å²) in [6.07, 6.45) is 0. The maximum Gasteiger partial charge on any atom is 0.0266 e. The normalized spacial score (nSPS) is 11.8. The van der Waals surface area contributed by atoms with Gasteiger partial charge in [0.25, 0.3) is 0 Å². The van der Waals surface area contributed by atoms with Crippen molar-refractivity contribution in [2.75, 3.05) is 7.05 Å². The van der Waals surface area contributed by atoms with Crippen molar-refractivity contribution in [2.24, 2.45) is 0 Å². The number of hydrogen-bond donors (Lipinski definition) is 1. The maximum absolute atomic E-state index is 3.44. The van der Waals surface area contributed by atoms with Gasteiger partial charge in [0.15, 0.2) is 0 Å². The number of hydrogen-bond acceptors (Lipinski definition) is 1. The Labute approximate surface area is 110 Å². The number of nitrogens with one attached hydrogen (secondary N) is 1. The zero-order valence-electron chi connectivity index (χ0n) is 11.4. The van der Waals surface area contributed by atoms with Crippen LogP contribution in [0.3, 0.4) is 0 Å². The van der Waals surface area contributed by atoms with Crippen LogP contribution in [0.1, 0.15) is 30.9 Å². The Bertz CT molecular complexity index is 434. The second-order valence-corrected chi connectivity index (χ2v) is 5.23. The lowest BCUT2D eigenvalue weighted by molar-refractivity contribution is 0.377. The third-order valence-electron chi connectivity index (χ3n) is 3.63. The van der Waals surface area contributed by atoms with Gasteiger partial charge in [-0.3, -0.25) is 0 Å². The van der Waals surface area contributed by atoms with E-state index in [2.05, 4.69) is 79.8 Å². The fourth-order valence-corrected chi connectivity index (χ4v) is 2.46. The van der Waals surface area contributed by atoms with Crippen LogP contribution in [0.25, 0.3) is 0 Å². The maximum atomic E-state index is 3.44. The van der Waals surface area contributed by atoms with Crippen molar-refractivity contribution in [3.8, 4) is 0 Å². The van der Waals surface area contributed by atoms with E-state index in [-0.39, 0.29) is 5.54 Å². The molecule has 0 spiro atoms. The summed E-state index contributed by atoms with van der Waals surface area (Å²) in [4.78, 5) is 0. The summed E-state index contributed by atoms with van der Waals surface area (Å²) in [5, 5.41) is 3.44. The molecule has 2 rings (SSSR count). The van der Waals surface area contributed by atoms with Crippen molar-refractivity contribution in [3.63, 3.8) is 0 Å². The van der Waals surface area contributed by atoms with Crippen LogP contribution in [0.5, 0.6) is 0 Å². The van der Waals surface area contributed by atoms with Crippen molar-refractivity contribution in [3.05, 3.63) is 71.8 Å². The summed E-state index contributed by atoms with van der Waals surface area (Å²) in [5.41, 5.74) is 2.72. The third-order valence-corrected chi connectivity index (χ3v) is 3.63. The molecule has 0 aliphatic heterocycles. The quantitative estimate of drug-likeness (QED) is 0.855. The zero-order chi connectivity index (χ0) is 13.0. The molecule has 0 bridgehead atoms. The molecule has 1 N–H and O–H groups in total. The Kier molecular flexibility index (Phi) is 3.83. The molecule has 0 heterocycles. The third kappa shape index (κ3) is 2.62. The predicted octanol–water partition coefficient (Wildman–Crippen LogP) is 3.82. The van der Waals surface area contributed by atoms with Gasteiger partial charge in [0.05, 0.1) is 0 Å². The molecule has 0 atom stereocenters. The first kappa shape index (κ1) is 12.8. The first-order valence-corrected chi connectivity index (χ1v) is 6.44. The van der Waals surface area contributed by atoms with E-state index >= 15 is 0 Å². The average molecular weight is 239 g/mol. The van der Waals surface area contributed by atoms with Crippen LogP contribution < -0.4 is 5.32 Å². The van der Waals surface area contributed by atoms with Crippen LogP contribution in [0.2, 0.25) is 0 Å². The molecule has 0 aliphatic carbocycles. The molecule has 94 valence electrons. The molecule has 0 saturated heterocycles. The van der Waals surface area contributed by atoms with Gasteiger partial charge in [0, 0.05) is 11.5 Å². The van der Waals surface area contributed by atoms with Crippen molar-refractivity contribution in [1.82, 2.24) is 5.32 Å². The summed E-state index contributed by atoms with van der Waals surface area (Å²) in [6.45, 7) is 4.50. The van der Waals surface area contributed by atoms with Gasteiger partial charge in [0.1, 0.15) is 0 Å². The molecule has 0 radical (unpaired) electrons. The topological polar surface area (TPSA) is 12.0 Å². The van der Waals surface area contributed by atoms with Gasteiger partial charge in [-0.1, -0.05) is 60.7 Å². The smallest absolute Gasteiger partial charge is 0.0266 e. The molecule has 0 aromatic heterocycles. The molecule has 2 aromatic rings. The van der Waals surface area contributed by atoms with Crippen LogP contribution in [-0.2, 0) is 0 Å². The van der Waals surface area contributed by atoms with Crippen LogP contribution in [0.4, 0.5) is 0 Å². The summed E-state index contributed by atoms with van der Waals surface area (Å²) < 4.78 is 0. The monoisotopic (exact) mass is 239 g/mol. The second kappa shape index (κ2) is 5.36. The minimum Gasteiger partial charge on any atom is -0.314 e. The highest BCUT2D eigenvalue weighted by molar-refractivity contribution is 5.36. The number of benzene rings is 2. The van der Waals surface area contributed by atoms with Gasteiger partial charge >= 0.3 is 0 Å². The predicted molar refractivity (Wildman–Crippen MR) is 77.9 cm³/mol. The number of likely N-dealkylation sites (N-methyl/N-ethyl adjacent to an activating group) is 1. The van der Waals surface area contributed by atoms with Gasteiger partial charge in [-0.25, -0.2) is 0 Å². The Hall–Kier alpha value is -1.60. The van der Waals surface area contributed by atoms with Gasteiger partial charge in [-0.2, -0.15) is 0 Å². The van der Waals surface area contributed by atoms with E-state index in [0.717, 1.165) is 0 Å². The molecule has 2 aromatic carbocycles. The van der Waals surface area contributed by atoms with Gasteiger partial charge < -0.3 is 5.32 Å². The largest absolute Gasteiger partial charge is 0.314 e. The second-order valence-electron chi connectivity index (χ2n) is 5.23. The molecule has 0 saturated carbocycles. The van der Waals surface area contributed by atoms with Crippen LogP contribution in [-0.4, -0.2) is 12.6 Å². The van der Waals surface area contributed by atoms with Gasteiger partial charge in [0.2, 0.25) is 0 Å². The Morgan fingerprint density at radius 2 is 1.17 bits per heavy atom. The molecular weight excluding hydrogens is 218 g/mol. The minimum absolute atomic E-state index is 0.0166. The van der Waals surface area contributed by atoms with E-state index in [4.69, 9.17) is 0 Å². The van der Waals surface area contributed by atoms with E-state index in [0.29, 0.717) is 5.92 Å². The molecule has 0 amide bonds. The minimum atomic E-state index is 0.0166. The van der Waals surface area contributed by atoms with Crippen LogP contribution in [0, 0.1) is 0 Å². The molecular formula is C17H21N. The standard InChI is InChI=1S/C17H21N/c1-17(2,18-3)16(14-10-6-4-7-11-14)15-12-8-5-9-13-15/h4-13,16,18H,1-3H3. The summed E-state index contributed by atoms with van der Waals surface area (Å²) in [5.74, 6) is 0.352. The van der Waals surface area contributed by atoms with Crippen molar-refractivity contribution in [1.29, 1.82) is 0 Å². The number of rotatable bonds is 4. The lowest BCUT2D eigenvalue weighted by Gasteiger charge is -2.35. The molecule has 0 aliphatic rings. The molecule has 0 unspecified atom stereocenters. The first-order valence-electron chi connectivity index (χ1n) is 6.44. The average Bonchev–Trinajstić information content (AvgIpc) is 2.41. The lowest BCUT2D eigenvalue weighted by Crippen LogP contribution is -2.42. The highest BCUT2D eigenvalue weighted by atomic mass is 14.9. The van der Waals surface area contributed by atoms with E-state index in [9.17, 15) is 0 Å². The summed E-state index contributed by atoms with van der Waals surface area (Å²) >= 11 is 0. The van der Waals surface area contributed by atoms with Crippen molar-refractivity contribution < 1.29 is 0 Å². The van der Waals surface area contributed by atoms with E-state index in [1.807, 2.05) is 7.05 Å². The van der Waals surface area contributed by atoms with Crippen LogP contribution >= 0.6 is 0 Å². The van der Waals surface area contributed by atoms with Gasteiger partial charge in [-0.05, 0) is 32.0 Å². The summed E-state index contributed by atoms with van der Waals surface area (Å²) in [7, 11) is 2.03. The fourth-order valence-electron chi connectivity index (χ4n) is 2.46. The lowest BCUT2D eigenvalue weighted by atomic mass is 9.77. The highest BCUT2D eigenvalue weighted by Crippen LogP contribution is 2.34. The molecule has 18 heavy (non-hydrogen) atoms. The Balaban J connectivity index is 2.49. The van der Waals surface area contributed by atoms with E-state index in [1.165, 1.54) is 11.1 Å². The zero-order valence-corrected chi connectivity index (χ0v) is 11.4. The van der Waals surface area contributed by atoms with Crippen LogP contribution in [0.15, 0.2) is 60.7 Å². The molecule has 1 nitrogen and oxygen atoms in total. The SMILES string of the molecule is CNC(C)(C)C(c1ccccc1)c1ccccc1. The summed E-state index contributed by atoms with van der Waals surface area (Å²) in [6, 6.07) is 21.4. The molecule has 1 heteroatoms. The van der Waals surface area contributed by atoms with Crippen molar-refractivity contribution >= 4 is 0 Å². The first-order chi connectivity index (χ1) is 8.65. The molecule has 0 fully saturated rings. The fraction of sp³-hybridized carbons (Fsp3) is 0.294. The van der Waals surface area contributed by atoms with E-state index in [1.54, 1.807) is 0 Å².